The summed E-state index contributed by atoms with van der Waals surface area (Å²) in [6.07, 6.45) is 1.96. The first-order valence-electron chi connectivity index (χ1n) is 8.43. The van der Waals surface area contributed by atoms with E-state index in [1.165, 1.54) is 0 Å². The molecule has 1 aromatic rings. The first kappa shape index (κ1) is 17.3. The van der Waals surface area contributed by atoms with Gasteiger partial charge in [0.05, 0.1) is 13.0 Å². The maximum Gasteiger partial charge on any atom is 0.245 e. The molecule has 0 aliphatic carbocycles. The van der Waals surface area contributed by atoms with E-state index >= 15 is 0 Å². The molecule has 1 aliphatic rings. The van der Waals surface area contributed by atoms with Gasteiger partial charge < -0.3 is 14.5 Å². The Hall–Kier alpha value is -2.04. The van der Waals surface area contributed by atoms with Crippen molar-refractivity contribution in [3.05, 3.63) is 30.3 Å². The van der Waals surface area contributed by atoms with Crippen molar-refractivity contribution in [1.82, 2.24) is 9.80 Å². The highest BCUT2D eigenvalue weighted by Crippen LogP contribution is 2.20. The van der Waals surface area contributed by atoms with Crippen molar-refractivity contribution >= 4 is 11.8 Å². The van der Waals surface area contributed by atoms with Crippen molar-refractivity contribution in [3.63, 3.8) is 0 Å². The minimum atomic E-state index is -0.292. The molecule has 1 aromatic carbocycles. The van der Waals surface area contributed by atoms with Gasteiger partial charge in [-0.05, 0) is 38.8 Å². The first-order chi connectivity index (χ1) is 11.2. The summed E-state index contributed by atoms with van der Waals surface area (Å²) < 4.78 is 5.58. The quantitative estimate of drug-likeness (QED) is 0.775. The van der Waals surface area contributed by atoms with E-state index in [1.807, 2.05) is 44.2 Å². The van der Waals surface area contributed by atoms with Gasteiger partial charge in [-0.1, -0.05) is 18.2 Å². The number of likely N-dealkylation sites (tertiary alicyclic amines) is 1. The van der Waals surface area contributed by atoms with Crippen LogP contribution in [0, 0.1) is 0 Å². The number of carbonyl (C=O) groups excluding carboxylic acids is 2. The minimum absolute atomic E-state index is 0.00365. The first-order valence-corrected chi connectivity index (χ1v) is 8.43. The van der Waals surface area contributed by atoms with Gasteiger partial charge in [-0.2, -0.15) is 0 Å². The summed E-state index contributed by atoms with van der Waals surface area (Å²) in [5.41, 5.74) is 0. The Morgan fingerprint density at radius 3 is 2.57 bits per heavy atom. The van der Waals surface area contributed by atoms with Gasteiger partial charge in [-0.25, -0.2) is 0 Å². The standard InChI is InChI=1S/C18H26N2O3/c1-3-19(4-2)18(22)16-11-8-13-20(16)17(21)12-14-23-15-9-6-5-7-10-15/h5-7,9-10,16H,3-4,8,11-14H2,1-2H3. The highest BCUT2D eigenvalue weighted by atomic mass is 16.5. The van der Waals surface area contributed by atoms with E-state index in [4.69, 9.17) is 4.74 Å². The van der Waals surface area contributed by atoms with Gasteiger partial charge in [0.1, 0.15) is 11.8 Å². The average Bonchev–Trinajstić information content (AvgIpc) is 3.06. The second-order valence-corrected chi connectivity index (χ2v) is 5.67. The Kier molecular flexibility index (Phi) is 6.44. The molecule has 0 saturated carbocycles. The van der Waals surface area contributed by atoms with E-state index in [0.717, 1.165) is 18.6 Å². The molecule has 126 valence electrons. The van der Waals surface area contributed by atoms with Crippen LogP contribution in [0.5, 0.6) is 5.75 Å². The molecule has 1 fully saturated rings. The zero-order valence-corrected chi connectivity index (χ0v) is 14.0. The Morgan fingerprint density at radius 1 is 1.22 bits per heavy atom. The molecule has 2 amide bonds. The molecular weight excluding hydrogens is 292 g/mol. The zero-order chi connectivity index (χ0) is 16.7. The van der Waals surface area contributed by atoms with Crippen molar-refractivity contribution in [2.24, 2.45) is 0 Å². The van der Waals surface area contributed by atoms with E-state index in [-0.39, 0.29) is 17.9 Å². The molecule has 1 heterocycles. The molecule has 1 aliphatic heterocycles. The summed E-state index contributed by atoms with van der Waals surface area (Å²) in [7, 11) is 0. The lowest BCUT2D eigenvalue weighted by Gasteiger charge is -2.29. The van der Waals surface area contributed by atoms with Crippen molar-refractivity contribution < 1.29 is 14.3 Å². The highest BCUT2D eigenvalue weighted by Gasteiger charge is 2.35. The monoisotopic (exact) mass is 318 g/mol. The Labute approximate surface area is 138 Å². The van der Waals surface area contributed by atoms with Crippen LogP contribution < -0.4 is 4.74 Å². The van der Waals surface area contributed by atoms with Gasteiger partial charge in [-0.3, -0.25) is 9.59 Å². The van der Waals surface area contributed by atoms with Gasteiger partial charge in [0.25, 0.3) is 0 Å². The molecule has 23 heavy (non-hydrogen) atoms. The van der Waals surface area contributed by atoms with E-state index in [1.54, 1.807) is 9.80 Å². The second kappa shape index (κ2) is 8.56. The Morgan fingerprint density at radius 2 is 1.91 bits per heavy atom. The molecule has 5 heteroatoms. The largest absolute Gasteiger partial charge is 0.493 e. The molecule has 1 atom stereocenters. The fraction of sp³-hybridized carbons (Fsp3) is 0.556. The summed E-state index contributed by atoms with van der Waals surface area (Å²) in [5.74, 6) is 0.839. The lowest BCUT2D eigenvalue weighted by Crippen LogP contribution is -2.47. The SMILES string of the molecule is CCN(CC)C(=O)C1CCCN1C(=O)CCOc1ccccc1. The molecule has 0 N–H and O–H groups in total. The number of likely N-dealkylation sites (N-methyl/N-ethyl adjacent to an activating group) is 1. The third-order valence-electron chi connectivity index (χ3n) is 4.26. The molecule has 0 aromatic heterocycles. The van der Waals surface area contributed by atoms with Crippen LogP contribution in [0.25, 0.3) is 0 Å². The van der Waals surface area contributed by atoms with E-state index < -0.39 is 0 Å². The Bertz CT molecular complexity index is 514. The second-order valence-electron chi connectivity index (χ2n) is 5.67. The Balaban J connectivity index is 1.86. The van der Waals surface area contributed by atoms with Crippen LogP contribution in [0.2, 0.25) is 0 Å². The molecular formula is C18H26N2O3. The summed E-state index contributed by atoms with van der Waals surface area (Å²) >= 11 is 0. The number of amides is 2. The van der Waals surface area contributed by atoms with Crippen LogP contribution >= 0.6 is 0 Å². The number of para-hydroxylation sites is 1. The molecule has 0 bridgehead atoms. The number of benzene rings is 1. The van der Waals surface area contributed by atoms with Gasteiger partial charge in [0.15, 0.2) is 0 Å². The van der Waals surface area contributed by atoms with Crippen LogP contribution in [0.15, 0.2) is 30.3 Å². The van der Waals surface area contributed by atoms with Crippen LogP contribution in [0.3, 0.4) is 0 Å². The predicted molar refractivity (Wildman–Crippen MR) is 89.2 cm³/mol. The van der Waals surface area contributed by atoms with Gasteiger partial charge in [-0.15, -0.1) is 0 Å². The average molecular weight is 318 g/mol. The van der Waals surface area contributed by atoms with Crippen LogP contribution in [0.1, 0.15) is 33.1 Å². The third-order valence-corrected chi connectivity index (χ3v) is 4.26. The van der Waals surface area contributed by atoms with E-state index in [0.29, 0.717) is 32.7 Å². The number of hydrogen-bond donors (Lipinski definition) is 0. The molecule has 2 rings (SSSR count). The maximum absolute atomic E-state index is 12.5. The lowest BCUT2D eigenvalue weighted by atomic mass is 10.2. The number of rotatable bonds is 7. The van der Waals surface area contributed by atoms with Crippen molar-refractivity contribution in [2.45, 2.75) is 39.2 Å². The summed E-state index contributed by atoms with van der Waals surface area (Å²) in [6.45, 7) is 6.32. The van der Waals surface area contributed by atoms with Gasteiger partial charge in [0.2, 0.25) is 11.8 Å². The van der Waals surface area contributed by atoms with Crippen molar-refractivity contribution in [2.75, 3.05) is 26.2 Å². The van der Waals surface area contributed by atoms with E-state index in [2.05, 4.69) is 0 Å². The zero-order valence-electron chi connectivity index (χ0n) is 14.0. The lowest BCUT2D eigenvalue weighted by molar-refractivity contribution is -0.143. The molecule has 0 radical (unpaired) electrons. The van der Waals surface area contributed by atoms with Crippen LogP contribution in [-0.4, -0.2) is 53.9 Å². The van der Waals surface area contributed by atoms with E-state index in [9.17, 15) is 9.59 Å². The van der Waals surface area contributed by atoms with Crippen molar-refractivity contribution in [3.8, 4) is 5.75 Å². The highest BCUT2D eigenvalue weighted by molar-refractivity contribution is 5.88. The number of carbonyl (C=O) groups is 2. The molecule has 5 nitrogen and oxygen atoms in total. The summed E-state index contributed by atoms with van der Waals surface area (Å²) in [6, 6.07) is 9.16. The van der Waals surface area contributed by atoms with Crippen molar-refractivity contribution in [1.29, 1.82) is 0 Å². The normalized spacial score (nSPS) is 17.1. The minimum Gasteiger partial charge on any atom is -0.493 e. The topological polar surface area (TPSA) is 49.9 Å². The van der Waals surface area contributed by atoms with Gasteiger partial charge >= 0.3 is 0 Å². The van der Waals surface area contributed by atoms with Crippen LogP contribution in [0.4, 0.5) is 0 Å². The molecule has 0 spiro atoms. The fourth-order valence-electron chi connectivity index (χ4n) is 2.98. The predicted octanol–water partition coefficient (Wildman–Crippen LogP) is 2.31. The van der Waals surface area contributed by atoms with Crippen LogP contribution in [-0.2, 0) is 9.59 Å². The summed E-state index contributed by atoms with van der Waals surface area (Å²) in [5, 5.41) is 0. The smallest absolute Gasteiger partial charge is 0.245 e. The number of hydrogen-bond acceptors (Lipinski definition) is 3. The maximum atomic E-state index is 12.5. The number of nitrogens with zero attached hydrogens (tertiary/aromatic N) is 2. The number of ether oxygens (including phenoxy) is 1. The third kappa shape index (κ3) is 4.47. The fourth-order valence-corrected chi connectivity index (χ4v) is 2.98. The molecule has 1 unspecified atom stereocenters. The van der Waals surface area contributed by atoms with Gasteiger partial charge in [0, 0.05) is 19.6 Å². The summed E-state index contributed by atoms with van der Waals surface area (Å²) in [4.78, 5) is 28.5. The molecule has 1 saturated heterocycles.